The van der Waals surface area contributed by atoms with Gasteiger partial charge in [0.1, 0.15) is 0 Å². The Labute approximate surface area is 87.1 Å². The van der Waals surface area contributed by atoms with Gasteiger partial charge in [-0.3, -0.25) is 19.3 Å². The zero-order valence-electron chi connectivity index (χ0n) is 8.31. The van der Waals surface area contributed by atoms with E-state index in [-0.39, 0.29) is 24.7 Å². The number of nitrogens with zero attached hydrogens (tertiary/aromatic N) is 1. The highest BCUT2D eigenvalue weighted by Crippen LogP contribution is 2.33. The number of aliphatic carboxylic acids is 1. The molecule has 2 amide bonds. The summed E-state index contributed by atoms with van der Waals surface area (Å²) in [6, 6.07) is -0.398. The molecule has 5 nitrogen and oxygen atoms in total. The van der Waals surface area contributed by atoms with Crippen LogP contribution in [-0.4, -0.2) is 33.8 Å². The number of carboxylic acids is 1. The number of hydrogen-bond acceptors (Lipinski definition) is 3. The van der Waals surface area contributed by atoms with E-state index in [0.717, 1.165) is 6.42 Å². The highest BCUT2D eigenvalue weighted by molar-refractivity contribution is 6.02. The first-order valence-corrected chi connectivity index (χ1v) is 5.19. The fourth-order valence-corrected chi connectivity index (χ4v) is 2.50. The number of likely N-dealkylation sites (tertiary alicyclic amines) is 1. The molecule has 0 aromatic carbocycles. The number of carboxylic acid groups (broad SMARTS) is 1. The van der Waals surface area contributed by atoms with Gasteiger partial charge in [0, 0.05) is 12.8 Å². The molecule has 2 unspecified atom stereocenters. The van der Waals surface area contributed by atoms with Gasteiger partial charge in [0.2, 0.25) is 11.8 Å². The van der Waals surface area contributed by atoms with Crippen molar-refractivity contribution in [2.45, 2.75) is 38.1 Å². The number of rotatable bonds is 2. The van der Waals surface area contributed by atoms with E-state index in [1.807, 2.05) is 0 Å². The van der Waals surface area contributed by atoms with Crippen LogP contribution in [0.2, 0.25) is 0 Å². The lowest BCUT2D eigenvalue weighted by Gasteiger charge is -2.25. The highest BCUT2D eigenvalue weighted by atomic mass is 16.4. The average molecular weight is 211 g/mol. The van der Waals surface area contributed by atoms with Gasteiger partial charge < -0.3 is 5.11 Å². The first kappa shape index (κ1) is 10.1. The van der Waals surface area contributed by atoms with Crippen LogP contribution in [-0.2, 0) is 14.4 Å². The molecule has 0 radical (unpaired) electrons. The lowest BCUT2D eigenvalue weighted by Crippen LogP contribution is -2.43. The molecule has 1 saturated heterocycles. The molecule has 0 spiro atoms. The van der Waals surface area contributed by atoms with Crippen LogP contribution in [0.3, 0.4) is 0 Å². The lowest BCUT2D eigenvalue weighted by molar-refractivity contribution is -0.148. The smallest absolute Gasteiger partial charge is 0.308 e. The van der Waals surface area contributed by atoms with Crippen LogP contribution in [0.15, 0.2) is 0 Å². The van der Waals surface area contributed by atoms with Crippen molar-refractivity contribution < 1.29 is 19.5 Å². The van der Waals surface area contributed by atoms with Gasteiger partial charge in [0.25, 0.3) is 0 Å². The quantitative estimate of drug-likeness (QED) is 0.670. The van der Waals surface area contributed by atoms with Crippen molar-refractivity contribution in [2.75, 3.05) is 0 Å². The molecule has 2 aliphatic rings. The summed E-state index contributed by atoms with van der Waals surface area (Å²) in [7, 11) is 0. The van der Waals surface area contributed by atoms with Gasteiger partial charge in [0.15, 0.2) is 0 Å². The Morgan fingerprint density at radius 1 is 1.20 bits per heavy atom. The second-order valence-corrected chi connectivity index (χ2v) is 4.10. The Hall–Kier alpha value is -1.39. The molecule has 2 rings (SSSR count). The van der Waals surface area contributed by atoms with Gasteiger partial charge in [-0.15, -0.1) is 0 Å². The first-order chi connectivity index (χ1) is 7.11. The topological polar surface area (TPSA) is 74.7 Å². The minimum Gasteiger partial charge on any atom is -0.481 e. The molecule has 1 aliphatic heterocycles. The van der Waals surface area contributed by atoms with E-state index in [4.69, 9.17) is 5.11 Å². The lowest BCUT2D eigenvalue weighted by atomic mass is 10.0. The van der Waals surface area contributed by atoms with Crippen LogP contribution in [0.25, 0.3) is 0 Å². The van der Waals surface area contributed by atoms with Gasteiger partial charge in [0.05, 0.1) is 12.0 Å². The minimum absolute atomic E-state index is 0.210. The van der Waals surface area contributed by atoms with E-state index in [0.29, 0.717) is 12.8 Å². The maximum absolute atomic E-state index is 11.5. The third-order valence-corrected chi connectivity index (χ3v) is 3.22. The fraction of sp³-hybridized carbons (Fsp3) is 0.700. The second kappa shape index (κ2) is 3.64. The third-order valence-electron chi connectivity index (χ3n) is 3.22. The molecular formula is C10H13NO4. The van der Waals surface area contributed by atoms with Crippen LogP contribution in [0.5, 0.6) is 0 Å². The molecule has 1 N–H and O–H groups in total. The van der Waals surface area contributed by atoms with Crippen molar-refractivity contribution in [1.82, 2.24) is 4.90 Å². The number of hydrogen-bond donors (Lipinski definition) is 1. The van der Waals surface area contributed by atoms with Gasteiger partial charge in [-0.05, 0) is 12.8 Å². The summed E-state index contributed by atoms with van der Waals surface area (Å²) >= 11 is 0. The predicted octanol–water partition coefficient (Wildman–Crippen LogP) is 0.389. The van der Waals surface area contributed by atoms with Crippen LogP contribution in [0, 0.1) is 5.92 Å². The van der Waals surface area contributed by atoms with Crippen LogP contribution in [0.4, 0.5) is 0 Å². The van der Waals surface area contributed by atoms with Crippen LogP contribution >= 0.6 is 0 Å². The molecule has 15 heavy (non-hydrogen) atoms. The molecule has 82 valence electrons. The maximum atomic E-state index is 11.5. The number of carbonyl (C=O) groups excluding carboxylic acids is 2. The van der Waals surface area contributed by atoms with Crippen molar-refractivity contribution in [3.8, 4) is 0 Å². The summed E-state index contributed by atoms with van der Waals surface area (Å²) in [4.78, 5) is 35.0. The Morgan fingerprint density at radius 3 is 2.33 bits per heavy atom. The Bertz CT molecular complexity index is 309. The first-order valence-electron chi connectivity index (χ1n) is 5.19. The van der Waals surface area contributed by atoms with Gasteiger partial charge in [-0.2, -0.15) is 0 Å². The second-order valence-electron chi connectivity index (χ2n) is 4.10. The molecule has 1 saturated carbocycles. The largest absolute Gasteiger partial charge is 0.481 e. The van der Waals surface area contributed by atoms with Crippen molar-refractivity contribution >= 4 is 17.8 Å². The Balaban J connectivity index is 2.18. The molecule has 2 atom stereocenters. The van der Waals surface area contributed by atoms with E-state index in [2.05, 4.69) is 0 Å². The van der Waals surface area contributed by atoms with E-state index in [1.165, 1.54) is 4.90 Å². The number of amides is 2. The molecule has 1 aliphatic carbocycles. The molecule has 1 heterocycles. The van der Waals surface area contributed by atoms with Gasteiger partial charge >= 0.3 is 5.97 Å². The fourth-order valence-electron chi connectivity index (χ4n) is 2.50. The highest BCUT2D eigenvalue weighted by Gasteiger charge is 2.43. The maximum Gasteiger partial charge on any atom is 0.308 e. The van der Waals surface area contributed by atoms with E-state index in [9.17, 15) is 14.4 Å². The van der Waals surface area contributed by atoms with Crippen molar-refractivity contribution in [3.05, 3.63) is 0 Å². The molecular weight excluding hydrogens is 198 g/mol. The molecule has 2 fully saturated rings. The van der Waals surface area contributed by atoms with Crippen LogP contribution in [0.1, 0.15) is 32.1 Å². The molecule has 0 aromatic heterocycles. The average Bonchev–Trinajstić information content (AvgIpc) is 2.73. The number of carbonyl (C=O) groups is 3. The summed E-state index contributed by atoms with van der Waals surface area (Å²) in [6.45, 7) is 0. The monoisotopic (exact) mass is 211 g/mol. The molecule has 5 heteroatoms. The summed E-state index contributed by atoms with van der Waals surface area (Å²) in [5.74, 6) is -1.88. The molecule has 0 bridgehead atoms. The SMILES string of the molecule is O=C(O)C1CCCC1N1C(=O)CCC1=O. The minimum atomic E-state index is -0.898. The Morgan fingerprint density at radius 2 is 1.80 bits per heavy atom. The van der Waals surface area contributed by atoms with Gasteiger partial charge in [-0.25, -0.2) is 0 Å². The summed E-state index contributed by atoms with van der Waals surface area (Å²) in [5.41, 5.74) is 0. The zero-order chi connectivity index (χ0) is 11.0. The predicted molar refractivity (Wildman–Crippen MR) is 49.9 cm³/mol. The zero-order valence-corrected chi connectivity index (χ0v) is 8.31. The standard InChI is InChI=1S/C10H13NO4/c12-8-4-5-9(13)11(8)7-3-1-2-6(7)10(14)15/h6-7H,1-5H2,(H,14,15). The van der Waals surface area contributed by atoms with Crippen LogP contribution < -0.4 is 0 Å². The summed E-state index contributed by atoms with van der Waals surface area (Å²) < 4.78 is 0. The normalized spacial score (nSPS) is 31.3. The van der Waals surface area contributed by atoms with Crippen molar-refractivity contribution in [1.29, 1.82) is 0 Å². The number of imide groups is 1. The third kappa shape index (κ3) is 1.62. The van der Waals surface area contributed by atoms with Crippen molar-refractivity contribution in [3.63, 3.8) is 0 Å². The Kier molecular flexibility index (Phi) is 2.46. The van der Waals surface area contributed by atoms with Crippen molar-refractivity contribution in [2.24, 2.45) is 5.92 Å². The summed E-state index contributed by atoms with van der Waals surface area (Å²) in [6.07, 6.45) is 2.45. The van der Waals surface area contributed by atoms with E-state index < -0.39 is 17.9 Å². The van der Waals surface area contributed by atoms with E-state index >= 15 is 0 Å². The van der Waals surface area contributed by atoms with E-state index in [1.54, 1.807) is 0 Å². The van der Waals surface area contributed by atoms with Gasteiger partial charge in [-0.1, -0.05) is 6.42 Å². The summed E-state index contributed by atoms with van der Waals surface area (Å²) in [5, 5.41) is 8.97. The molecule has 0 aromatic rings.